The van der Waals surface area contributed by atoms with Gasteiger partial charge in [-0.1, -0.05) is 54.6 Å². The third-order valence-electron chi connectivity index (χ3n) is 9.11. The Bertz CT molecular complexity index is 1410. The largest absolute Gasteiger partial charge is 0.390 e. The van der Waals surface area contributed by atoms with Gasteiger partial charge in [-0.3, -0.25) is 9.59 Å². The third-order valence-corrected chi connectivity index (χ3v) is 9.11. The molecule has 8 heteroatoms. The summed E-state index contributed by atoms with van der Waals surface area (Å²) in [5.74, 6) is 0.978. The van der Waals surface area contributed by atoms with E-state index in [4.69, 9.17) is 5.73 Å². The highest BCUT2D eigenvalue weighted by atomic mass is 16.3. The average Bonchev–Trinajstić information content (AvgIpc) is 3.38. The topological polar surface area (TPSA) is 121 Å². The van der Waals surface area contributed by atoms with Gasteiger partial charge in [0.25, 0.3) is 0 Å². The second-order valence-corrected chi connectivity index (χ2v) is 12.6. The van der Waals surface area contributed by atoms with Crippen molar-refractivity contribution in [1.82, 2.24) is 15.1 Å². The molecule has 2 saturated carbocycles. The molecule has 3 aromatic rings. The maximum Gasteiger partial charge on any atom is 0.225 e. The van der Waals surface area contributed by atoms with Crippen molar-refractivity contribution >= 4 is 17.6 Å². The molecule has 2 aliphatic carbocycles. The number of carbonyl (C=O) groups excluding carboxylic acids is 2. The van der Waals surface area contributed by atoms with E-state index < -0.39 is 11.1 Å². The lowest BCUT2D eigenvalue weighted by molar-refractivity contribution is -0.130. The first-order chi connectivity index (χ1) is 19.7. The molecular formula is C33H39N5O3. The number of nitrogens with one attached hydrogen (secondary N) is 1. The van der Waals surface area contributed by atoms with E-state index in [0.717, 1.165) is 66.6 Å². The zero-order chi connectivity index (χ0) is 28.6. The fraction of sp³-hybridized carbons (Fsp3) is 0.455. The summed E-state index contributed by atoms with van der Waals surface area (Å²) in [7, 11) is 0. The predicted molar refractivity (Wildman–Crippen MR) is 159 cm³/mol. The molecule has 1 aromatic heterocycles. The molecule has 4 N–H and O–H groups in total. The average molecular weight is 554 g/mol. The Kier molecular flexibility index (Phi) is 7.38. The molecule has 0 bridgehead atoms. The lowest BCUT2D eigenvalue weighted by Gasteiger charge is -2.49. The molecule has 6 rings (SSSR count). The van der Waals surface area contributed by atoms with Crippen LogP contribution in [0.2, 0.25) is 0 Å². The molecule has 3 aliphatic rings. The first-order valence-electron chi connectivity index (χ1n) is 14.8. The van der Waals surface area contributed by atoms with Crippen molar-refractivity contribution in [2.45, 2.75) is 81.9 Å². The molecule has 2 amide bonds. The molecule has 214 valence electrons. The van der Waals surface area contributed by atoms with E-state index in [0.29, 0.717) is 43.5 Å². The molecule has 1 aliphatic heterocycles. The zero-order valence-electron chi connectivity index (χ0n) is 23.7. The number of hydrogen-bond acceptors (Lipinski definition) is 6. The van der Waals surface area contributed by atoms with Crippen molar-refractivity contribution in [2.24, 2.45) is 11.7 Å². The minimum absolute atomic E-state index is 0.0549. The number of aliphatic hydroxyl groups is 1. The summed E-state index contributed by atoms with van der Waals surface area (Å²) >= 11 is 0. The van der Waals surface area contributed by atoms with Gasteiger partial charge < -0.3 is 21.1 Å². The first kappa shape index (κ1) is 27.5. The number of nitrogens with two attached hydrogens (primary N) is 1. The quantitative estimate of drug-likeness (QED) is 0.378. The van der Waals surface area contributed by atoms with Gasteiger partial charge in [-0.2, -0.15) is 0 Å². The first-order valence-corrected chi connectivity index (χ1v) is 14.8. The molecule has 8 nitrogen and oxygen atoms in total. The Morgan fingerprint density at radius 2 is 1.73 bits per heavy atom. The fourth-order valence-electron chi connectivity index (χ4n) is 7.15. The summed E-state index contributed by atoms with van der Waals surface area (Å²) in [5, 5.41) is 22.1. The Hall–Kier alpha value is -3.62. The zero-order valence-corrected chi connectivity index (χ0v) is 23.7. The number of benzene rings is 2. The van der Waals surface area contributed by atoms with Crippen LogP contribution in [0.25, 0.3) is 22.4 Å². The Balaban J connectivity index is 1.15. The molecule has 2 aromatic carbocycles. The Morgan fingerprint density at radius 3 is 2.37 bits per heavy atom. The van der Waals surface area contributed by atoms with E-state index in [-0.39, 0.29) is 11.8 Å². The van der Waals surface area contributed by atoms with E-state index in [2.05, 4.69) is 20.4 Å². The standard InChI is InChI=1S/C33H39N5O3/c1-32(41)20-33(34,21-32)25-13-11-24(12-14-25)31-27(23-6-3-2-4-7-23)19-28(36-37-31)35-29(39)18-22-9-15-26(16-10-22)38-17-5-8-30(38)40/h2-4,6-7,11-14,19,22,26,41H,5,8-10,15-18,20-21,34H2,1H3,(H,35,36,39). The maximum absolute atomic E-state index is 13.0. The molecule has 0 atom stereocenters. The number of rotatable bonds is 7. The van der Waals surface area contributed by atoms with Crippen molar-refractivity contribution in [3.05, 3.63) is 66.2 Å². The number of nitrogens with zero attached hydrogens (tertiary/aromatic N) is 3. The SMILES string of the molecule is CC1(O)CC(N)(c2ccc(-c3nnc(NC(=O)CC4CCC(N5CCCC5=O)CC4)cc3-c3ccccc3)cc2)C1. The molecule has 0 spiro atoms. The number of amides is 2. The Labute approximate surface area is 241 Å². The van der Waals surface area contributed by atoms with Crippen LogP contribution >= 0.6 is 0 Å². The summed E-state index contributed by atoms with van der Waals surface area (Å²) in [6.45, 7) is 2.70. The number of carbonyl (C=O) groups is 2. The second-order valence-electron chi connectivity index (χ2n) is 12.6. The van der Waals surface area contributed by atoms with E-state index in [9.17, 15) is 14.7 Å². The van der Waals surface area contributed by atoms with Crippen LogP contribution in [0.5, 0.6) is 0 Å². The van der Waals surface area contributed by atoms with Gasteiger partial charge in [0.15, 0.2) is 5.82 Å². The molecule has 0 unspecified atom stereocenters. The van der Waals surface area contributed by atoms with Gasteiger partial charge in [0, 0.05) is 42.1 Å². The van der Waals surface area contributed by atoms with Crippen LogP contribution in [0, 0.1) is 5.92 Å². The van der Waals surface area contributed by atoms with Gasteiger partial charge in [-0.25, -0.2) is 0 Å². The van der Waals surface area contributed by atoms with Crippen molar-refractivity contribution < 1.29 is 14.7 Å². The highest BCUT2D eigenvalue weighted by Gasteiger charge is 2.49. The van der Waals surface area contributed by atoms with Gasteiger partial charge in [0.2, 0.25) is 11.8 Å². The van der Waals surface area contributed by atoms with Gasteiger partial charge >= 0.3 is 0 Å². The smallest absolute Gasteiger partial charge is 0.225 e. The van der Waals surface area contributed by atoms with E-state index in [1.807, 2.05) is 67.6 Å². The van der Waals surface area contributed by atoms with Gasteiger partial charge in [0.05, 0.1) is 5.60 Å². The predicted octanol–water partition coefficient (Wildman–Crippen LogP) is 5.02. The Morgan fingerprint density at radius 1 is 1.02 bits per heavy atom. The second kappa shape index (κ2) is 11.0. The maximum atomic E-state index is 13.0. The summed E-state index contributed by atoms with van der Waals surface area (Å²) in [5.41, 5.74) is 9.79. The van der Waals surface area contributed by atoms with Crippen molar-refractivity contribution in [2.75, 3.05) is 11.9 Å². The van der Waals surface area contributed by atoms with E-state index in [1.54, 1.807) is 0 Å². The van der Waals surface area contributed by atoms with Crippen LogP contribution in [0.3, 0.4) is 0 Å². The summed E-state index contributed by atoms with van der Waals surface area (Å²) in [6, 6.07) is 20.2. The van der Waals surface area contributed by atoms with E-state index >= 15 is 0 Å². The van der Waals surface area contributed by atoms with Crippen LogP contribution in [0.1, 0.15) is 70.3 Å². The molecule has 0 radical (unpaired) electrons. The van der Waals surface area contributed by atoms with Gasteiger partial charge in [0.1, 0.15) is 5.69 Å². The van der Waals surface area contributed by atoms with Crippen molar-refractivity contribution in [3.63, 3.8) is 0 Å². The highest BCUT2D eigenvalue weighted by molar-refractivity contribution is 5.91. The monoisotopic (exact) mass is 553 g/mol. The minimum atomic E-state index is -0.715. The molecule has 1 saturated heterocycles. The third kappa shape index (κ3) is 5.90. The molecule has 2 heterocycles. The number of anilines is 1. The number of hydrogen-bond donors (Lipinski definition) is 3. The van der Waals surface area contributed by atoms with E-state index in [1.165, 1.54) is 0 Å². The lowest BCUT2D eigenvalue weighted by Crippen LogP contribution is -2.58. The van der Waals surface area contributed by atoms with Crippen molar-refractivity contribution in [1.29, 1.82) is 0 Å². The normalized spacial score (nSPS) is 27.9. The van der Waals surface area contributed by atoms with Crippen molar-refractivity contribution in [3.8, 4) is 22.4 Å². The fourth-order valence-corrected chi connectivity index (χ4v) is 7.15. The minimum Gasteiger partial charge on any atom is -0.390 e. The lowest BCUT2D eigenvalue weighted by atomic mass is 9.63. The number of likely N-dealkylation sites (tertiary alicyclic amines) is 1. The molecular weight excluding hydrogens is 514 g/mol. The highest BCUT2D eigenvalue weighted by Crippen LogP contribution is 2.46. The van der Waals surface area contributed by atoms with Gasteiger partial charge in [-0.15, -0.1) is 10.2 Å². The molecule has 3 fully saturated rings. The summed E-state index contributed by atoms with van der Waals surface area (Å²) < 4.78 is 0. The van der Waals surface area contributed by atoms with Crippen LogP contribution < -0.4 is 11.1 Å². The van der Waals surface area contributed by atoms with Crippen LogP contribution in [-0.2, 0) is 15.1 Å². The number of aromatic nitrogens is 2. The summed E-state index contributed by atoms with van der Waals surface area (Å²) in [6.07, 6.45) is 7.01. The summed E-state index contributed by atoms with van der Waals surface area (Å²) in [4.78, 5) is 27.2. The van der Waals surface area contributed by atoms with Crippen LogP contribution in [0.15, 0.2) is 60.7 Å². The molecule has 41 heavy (non-hydrogen) atoms. The van der Waals surface area contributed by atoms with Crippen LogP contribution in [0.4, 0.5) is 5.82 Å². The van der Waals surface area contributed by atoms with Crippen LogP contribution in [-0.4, -0.2) is 50.2 Å². The van der Waals surface area contributed by atoms with Gasteiger partial charge in [-0.05, 0) is 75.0 Å².